The first kappa shape index (κ1) is 19.4. The fourth-order valence-corrected chi connectivity index (χ4v) is 2.67. The van der Waals surface area contributed by atoms with Crippen LogP contribution in [0.5, 0.6) is 0 Å². The van der Waals surface area contributed by atoms with Gasteiger partial charge in [0.05, 0.1) is 0 Å². The van der Waals surface area contributed by atoms with Crippen molar-refractivity contribution in [1.29, 1.82) is 0 Å². The van der Waals surface area contributed by atoms with Crippen molar-refractivity contribution in [1.82, 2.24) is 4.90 Å². The number of hydrogen-bond acceptors (Lipinski definition) is 2. The highest BCUT2D eigenvalue weighted by atomic mass is 16.5. The van der Waals surface area contributed by atoms with Crippen LogP contribution in [0.1, 0.15) is 60.3 Å². The van der Waals surface area contributed by atoms with Crippen molar-refractivity contribution in [3.8, 4) is 0 Å². The van der Waals surface area contributed by atoms with Crippen molar-refractivity contribution in [2.45, 2.75) is 60.3 Å². The molecule has 0 aliphatic carbocycles. The molecule has 1 aliphatic rings. The molecule has 1 heterocycles. The largest absolute Gasteiger partial charge is 0.385 e. The monoisotopic (exact) mass is 285 g/mol. The minimum absolute atomic E-state index is 0.351. The van der Waals surface area contributed by atoms with E-state index < -0.39 is 0 Å². The van der Waals surface area contributed by atoms with E-state index in [1.807, 2.05) is 18.7 Å². The second kappa shape index (κ2) is 11.1. The highest BCUT2D eigenvalue weighted by molar-refractivity contribution is 5.76. The molecule has 20 heavy (non-hydrogen) atoms. The van der Waals surface area contributed by atoms with Crippen molar-refractivity contribution in [2.24, 2.45) is 17.8 Å². The van der Waals surface area contributed by atoms with Gasteiger partial charge in [0.2, 0.25) is 5.91 Å². The summed E-state index contributed by atoms with van der Waals surface area (Å²) >= 11 is 0. The van der Waals surface area contributed by atoms with Gasteiger partial charge >= 0.3 is 0 Å². The number of rotatable bonds is 8. The Morgan fingerprint density at radius 1 is 1.20 bits per heavy atom. The number of carbonyl (C=O) groups is 1. The van der Waals surface area contributed by atoms with Crippen LogP contribution in [-0.2, 0) is 9.53 Å². The molecular formula is C17H35NO2. The van der Waals surface area contributed by atoms with Gasteiger partial charge in [-0.2, -0.15) is 0 Å². The number of amides is 1. The van der Waals surface area contributed by atoms with E-state index in [9.17, 15) is 4.79 Å². The minimum atomic E-state index is 0.351. The van der Waals surface area contributed by atoms with E-state index in [4.69, 9.17) is 4.74 Å². The van der Waals surface area contributed by atoms with Gasteiger partial charge in [0, 0.05) is 33.2 Å². The molecule has 0 aromatic rings. The lowest BCUT2D eigenvalue weighted by Gasteiger charge is -2.37. The summed E-state index contributed by atoms with van der Waals surface area (Å²) in [6.45, 7) is 13.5. The maximum absolute atomic E-state index is 11.8. The Morgan fingerprint density at radius 3 is 2.25 bits per heavy atom. The number of methoxy groups -OCH3 is 1. The molecule has 1 saturated heterocycles. The zero-order chi connectivity index (χ0) is 15.5. The Kier molecular flexibility index (Phi) is 10.8. The van der Waals surface area contributed by atoms with Crippen molar-refractivity contribution in [2.75, 3.05) is 26.8 Å². The molecule has 2 atom stereocenters. The Bertz CT molecular complexity index is 249. The first-order chi connectivity index (χ1) is 9.52. The maximum Gasteiger partial charge on any atom is 0.222 e. The van der Waals surface area contributed by atoms with Crippen molar-refractivity contribution >= 4 is 5.91 Å². The van der Waals surface area contributed by atoms with Crippen molar-refractivity contribution in [3.63, 3.8) is 0 Å². The minimum Gasteiger partial charge on any atom is -0.385 e. The zero-order valence-electron chi connectivity index (χ0n) is 14.4. The summed E-state index contributed by atoms with van der Waals surface area (Å²) in [5, 5.41) is 0. The zero-order valence-corrected chi connectivity index (χ0v) is 14.4. The molecule has 120 valence electrons. The van der Waals surface area contributed by atoms with Crippen molar-refractivity contribution < 1.29 is 9.53 Å². The number of carbonyl (C=O) groups excluding carboxylic acids is 1. The third kappa shape index (κ3) is 7.88. The molecule has 0 N–H and O–H groups in total. The average Bonchev–Trinajstić information content (AvgIpc) is 2.41. The average molecular weight is 285 g/mol. The smallest absolute Gasteiger partial charge is 0.222 e. The topological polar surface area (TPSA) is 29.5 Å². The first-order valence-electron chi connectivity index (χ1n) is 8.29. The second-order valence-corrected chi connectivity index (χ2v) is 6.17. The Labute approximate surface area is 126 Å². The molecular weight excluding hydrogens is 250 g/mol. The molecule has 1 rings (SSSR count). The van der Waals surface area contributed by atoms with E-state index in [1.54, 1.807) is 7.11 Å². The Hall–Kier alpha value is -0.570. The third-order valence-corrected chi connectivity index (χ3v) is 3.89. The van der Waals surface area contributed by atoms with E-state index in [-0.39, 0.29) is 0 Å². The molecule has 0 aromatic heterocycles. The molecule has 3 heteroatoms. The lowest BCUT2D eigenvalue weighted by molar-refractivity contribution is -0.137. The van der Waals surface area contributed by atoms with Gasteiger partial charge in [0.1, 0.15) is 0 Å². The standard InChI is InChI=1S/C15H29NO2.C2H6/c1-12(9-13(2)7-8-18-4)5-6-15(17)16-10-14(3)11-16;1-2/h12-14H,5-11H2,1-4H3;1-2H3. The molecule has 0 bridgehead atoms. The number of nitrogens with zero attached hydrogens (tertiary/aromatic N) is 1. The predicted molar refractivity (Wildman–Crippen MR) is 85.8 cm³/mol. The van der Waals surface area contributed by atoms with Crippen molar-refractivity contribution in [3.05, 3.63) is 0 Å². The van der Waals surface area contributed by atoms with Crippen LogP contribution in [0.15, 0.2) is 0 Å². The van der Waals surface area contributed by atoms with Crippen LogP contribution >= 0.6 is 0 Å². The summed E-state index contributed by atoms with van der Waals surface area (Å²) in [5.74, 6) is 2.39. The maximum atomic E-state index is 11.8. The number of likely N-dealkylation sites (tertiary alicyclic amines) is 1. The van der Waals surface area contributed by atoms with E-state index >= 15 is 0 Å². The van der Waals surface area contributed by atoms with Gasteiger partial charge in [-0.25, -0.2) is 0 Å². The lowest BCUT2D eigenvalue weighted by atomic mass is 9.91. The quantitative estimate of drug-likeness (QED) is 0.675. The molecule has 0 spiro atoms. The predicted octanol–water partition coefficient (Wildman–Crippen LogP) is 3.97. The molecule has 0 saturated carbocycles. The molecule has 0 radical (unpaired) electrons. The summed E-state index contributed by atoms with van der Waals surface area (Å²) < 4.78 is 5.10. The highest BCUT2D eigenvalue weighted by Gasteiger charge is 2.26. The summed E-state index contributed by atoms with van der Waals surface area (Å²) in [6, 6.07) is 0. The summed E-state index contributed by atoms with van der Waals surface area (Å²) in [6.07, 6.45) is 4.08. The van der Waals surface area contributed by atoms with Crippen LogP contribution in [0.3, 0.4) is 0 Å². The van der Waals surface area contributed by atoms with Gasteiger partial charge in [0.15, 0.2) is 0 Å². The van der Waals surface area contributed by atoms with Crippen LogP contribution in [0.4, 0.5) is 0 Å². The molecule has 3 nitrogen and oxygen atoms in total. The van der Waals surface area contributed by atoms with Crippen LogP contribution in [0.25, 0.3) is 0 Å². The third-order valence-electron chi connectivity index (χ3n) is 3.89. The SMILES string of the molecule is CC.COCCC(C)CC(C)CCC(=O)N1CC(C)C1. The van der Waals surface area contributed by atoms with Crippen LogP contribution < -0.4 is 0 Å². The Balaban J connectivity index is 0.00000172. The molecule has 1 aliphatic heterocycles. The van der Waals surface area contributed by atoms with E-state index in [1.165, 1.54) is 6.42 Å². The second-order valence-electron chi connectivity index (χ2n) is 6.17. The molecule has 1 amide bonds. The van der Waals surface area contributed by atoms with Crippen LogP contribution in [-0.4, -0.2) is 37.6 Å². The van der Waals surface area contributed by atoms with Gasteiger partial charge in [-0.1, -0.05) is 34.6 Å². The molecule has 2 unspecified atom stereocenters. The van der Waals surface area contributed by atoms with E-state index in [0.717, 1.165) is 39.0 Å². The van der Waals surface area contributed by atoms with Gasteiger partial charge in [0.25, 0.3) is 0 Å². The fraction of sp³-hybridized carbons (Fsp3) is 0.941. The number of hydrogen-bond donors (Lipinski definition) is 0. The van der Waals surface area contributed by atoms with Gasteiger partial charge < -0.3 is 9.64 Å². The first-order valence-corrected chi connectivity index (χ1v) is 8.29. The Morgan fingerprint density at radius 2 is 1.75 bits per heavy atom. The van der Waals surface area contributed by atoms with E-state index in [2.05, 4.69) is 20.8 Å². The van der Waals surface area contributed by atoms with Gasteiger partial charge in [-0.05, 0) is 37.0 Å². The molecule has 0 aromatic carbocycles. The summed E-state index contributed by atoms with van der Waals surface area (Å²) in [5.41, 5.74) is 0. The van der Waals surface area contributed by atoms with Gasteiger partial charge in [-0.15, -0.1) is 0 Å². The summed E-state index contributed by atoms with van der Waals surface area (Å²) in [7, 11) is 1.75. The normalized spacial score (nSPS) is 17.8. The summed E-state index contributed by atoms with van der Waals surface area (Å²) in [4.78, 5) is 13.8. The highest BCUT2D eigenvalue weighted by Crippen LogP contribution is 2.21. The fourth-order valence-electron chi connectivity index (χ4n) is 2.67. The van der Waals surface area contributed by atoms with Gasteiger partial charge in [-0.3, -0.25) is 4.79 Å². The lowest BCUT2D eigenvalue weighted by Crippen LogP contribution is -2.48. The van der Waals surface area contributed by atoms with Crippen LogP contribution in [0, 0.1) is 17.8 Å². The van der Waals surface area contributed by atoms with Crippen LogP contribution in [0.2, 0.25) is 0 Å². The number of ether oxygens (including phenoxy) is 1. The van der Waals surface area contributed by atoms with E-state index in [0.29, 0.717) is 23.7 Å². The molecule has 1 fully saturated rings.